The van der Waals surface area contributed by atoms with Gasteiger partial charge in [-0.25, -0.2) is 0 Å². The average Bonchev–Trinajstić information content (AvgIpc) is 3.94. The molecule has 0 N–H and O–H groups in total. The Kier molecular flexibility index (Phi) is 11.4. The molecule has 0 saturated heterocycles. The van der Waals surface area contributed by atoms with E-state index in [-0.39, 0.29) is 37.5 Å². The molecule has 1 radical (unpaired) electrons. The first-order valence-corrected chi connectivity index (χ1v) is 20.8. The van der Waals surface area contributed by atoms with Crippen molar-refractivity contribution in [3.8, 4) is 61.9 Å². The van der Waals surface area contributed by atoms with Crippen LogP contribution in [0.4, 0.5) is 0 Å². The van der Waals surface area contributed by atoms with Crippen LogP contribution in [0.5, 0.6) is 0 Å². The minimum Gasteiger partial charge on any atom is -0.499 e. The SMILES string of the molecule is CC(C)c1cc(-c2ccccc2)cc(C(C)C)c1-n1c(-c2[c-]c3cc(-c4ccccc4)oc3c(-c3ccccc3)c2)nc2ccccc21.[2H]C([2H])([2H])c1ccc(-c2[c-]cccc2)nc1.[Ir]. The van der Waals surface area contributed by atoms with E-state index < -0.39 is 6.85 Å². The monoisotopic (exact) mass is 985 g/mol. The van der Waals surface area contributed by atoms with Gasteiger partial charge in [-0.05, 0) is 87.6 Å². The van der Waals surface area contributed by atoms with Crippen LogP contribution in [0.2, 0.25) is 0 Å². The molecule has 0 unspecified atom stereocenters. The standard InChI is InChI=1S/C45H37N2O.C12H10N.Ir/c1-29(2)37-25-34(31-16-8-5-9-17-31)26-38(30(3)4)43(37)47-41-23-15-14-22-40(41)46-45(47)36-24-35-28-42(33-20-12-7-13-21-33)48-44(35)39(27-36)32-18-10-6-11-19-32;1-10-7-8-12(13-9-10)11-5-3-2-4-6-11;/h5-23,25-30H,1-4H3;2-5,7-9H,1H3;/q2*-1;/i;1D3;. The smallest absolute Gasteiger partial charge is 0.0914 e. The van der Waals surface area contributed by atoms with Crippen molar-refractivity contribution in [2.45, 2.75) is 46.4 Å². The average molecular weight is 985 g/mol. The Morgan fingerprint density at radius 1 is 0.613 bits per heavy atom. The fourth-order valence-corrected chi connectivity index (χ4v) is 7.93. The van der Waals surface area contributed by atoms with Gasteiger partial charge in [-0.3, -0.25) is 4.98 Å². The normalized spacial score (nSPS) is 12.1. The number of pyridine rings is 1. The van der Waals surface area contributed by atoms with Crippen LogP contribution in [0.25, 0.3) is 83.9 Å². The summed E-state index contributed by atoms with van der Waals surface area (Å²) in [6, 6.07) is 66.6. The van der Waals surface area contributed by atoms with Crippen molar-refractivity contribution in [1.82, 2.24) is 14.5 Å². The van der Waals surface area contributed by atoms with Gasteiger partial charge in [-0.2, -0.15) is 0 Å². The molecule has 10 aromatic rings. The number of aryl methyl sites for hydroxylation is 1. The van der Waals surface area contributed by atoms with E-state index in [9.17, 15) is 0 Å². The second-order valence-electron chi connectivity index (χ2n) is 15.8. The van der Waals surface area contributed by atoms with Crippen LogP contribution in [0.15, 0.2) is 187 Å². The van der Waals surface area contributed by atoms with Gasteiger partial charge < -0.3 is 14.0 Å². The minimum absolute atomic E-state index is 0. The van der Waals surface area contributed by atoms with Gasteiger partial charge in [-0.15, -0.1) is 48.0 Å². The minimum atomic E-state index is -2.09. The number of rotatable bonds is 8. The maximum absolute atomic E-state index is 7.23. The largest absolute Gasteiger partial charge is 0.499 e. The van der Waals surface area contributed by atoms with Gasteiger partial charge in [-0.1, -0.05) is 160 Å². The third-order valence-electron chi connectivity index (χ3n) is 11.0. The molecular formula is C57H47IrN3O-2. The summed E-state index contributed by atoms with van der Waals surface area (Å²) in [5, 5.41) is 0.927. The quantitative estimate of drug-likeness (QED) is 0.143. The Balaban J connectivity index is 0.000000287. The van der Waals surface area contributed by atoms with Crippen molar-refractivity contribution in [3.63, 3.8) is 0 Å². The molecule has 10 rings (SSSR count). The number of aromatic nitrogens is 3. The molecule has 0 aliphatic rings. The number of imidazole rings is 1. The molecule has 62 heavy (non-hydrogen) atoms. The molecule has 0 amide bonds. The Hall–Kier alpha value is -6.65. The fourth-order valence-electron chi connectivity index (χ4n) is 7.93. The molecule has 0 aliphatic carbocycles. The number of para-hydroxylation sites is 2. The van der Waals surface area contributed by atoms with Gasteiger partial charge >= 0.3 is 0 Å². The zero-order chi connectivity index (χ0) is 44.4. The van der Waals surface area contributed by atoms with Gasteiger partial charge in [0.25, 0.3) is 0 Å². The molecular weight excluding hydrogens is 935 g/mol. The molecule has 5 heteroatoms. The Bertz CT molecular complexity index is 3150. The zero-order valence-corrected chi connectivity index (χ0v) is 37.5. The summed E-state index contributed by atoms with van der Waals surface area (Å²) in [7, 11) is 0. The van der Waals surface area contributed by atoms with Crippen LogP contribution in [-0.4, -0.2) is 14.5 Å². The number of nitrogens with zero attached hydrogens (tertiary/aromatic N) is 3. The fraction of sp³-hybridized carbons (Fsp3) is 0.123. The van der Waals surface area contributed by atoms with Crippen LogP contribution in [0.1, 0.15) is 60.3 Å². The predicted molar refractivity (Wildman–Crippen MR) is 253 cm³/mol. The van der Waals surface area contributed by atoms with Gasteiger partial charge in [0.2, 0.25) is 0 Å². The van der Waals surface area contributed by atoms with Crippen molar-refractivity contribution in [1.29, 1.82) is 0 Å². The molecule has 0 fully saturated rings. The zero-order valence-electron chi connectivity index (χ0n) is 38.1. The molecule has 307 valence electrons. The Morgan fingerprint density at radius 3 is 1.85 bits per heavy atom. The van der Waals surface area contributed by atoms with E-state index in [0.29, 0.717) is 0 Å². The van der Waals surface area contributed by atoms with Crippen molar-refractivity contribution in [2.75, 3.05) is 0 Å². The predicted octanol–water partition coefficient (Wildman–Crippen LogP) is 15.3. The van der Waals surface area contributed by atoms with Crippen LogP contribution in [0.3, 0.4) is 0 Å². The molecule has 4 nitrogen and oxygen atoms in total. The van der Waals surface area contributed by atoms with Crippen molar-refractivity contribution >= 4 is 22.0 Å². The van der Waals surface area contributed by atoms with Crippen LogP contribution < -0.4 is 0 Å². The molecule has 0 aliphatic heterocycles. The summed E-state index contributed by atoms with van der Waals surface area (Å²) in [5.41, 5.74) is 15.0. The van der Waals surface area contributed by atoms with Gasteiger partial charge in [0.15, 0.2) is 0 Å². The molecule has 7 aromatic carbocycles. The number of fused-ring (bicyclic) bond motifs is 2. The van der Waals surface area contributed by atoms with Crippen LogP contribution >= 0.6 is 0 Å². The van der Waals surface area contributed by atoms with E-state index in [1.807, 2.05) is 42.5 Å². The molecule has 0 saturated carbocycles. The van der Waals surface area contributed by atoms with Crippen molar-refractivity contribution < 1.29 is 28.6 Å². The second-order valence-corrected chi connectivity index (χ2v) is 15.8. The molecule has 3 aromatic heterocycles. The maximum Gasteiger partial charge on any atom is 0.0914 e. The first-order valence-electron chi connectivity index (χ1n) is 22.3. The summed E-state index contributed by atoms with van der Waals surface area (Å²) in [6.07, 6.45) is 1.39. The van der Waals surface area contributed by atoms with E-state index >= 15 is 0 Å². The summed E-state index contributed by atoms with van der Waals surface area (Å²) < 4.78 is 30.7. The van der Waals surface area contributed by atoms with E-state index in [1.54, 1.807) is 18.2 Å². The third kappa shape index (κ3) is 8.60. The van der Waals surface area contributed by atoms with E-state index in [1.165, 1.54) is 34.1 Å². The third-order valence-corrected chi connectivity index (χ3v) is 11.0. The number of furan rings is 1. The van der Waals surface area contributed by atoms with E-state index in [4.69, 9.17) is 13.5 Å². The van der Waals surface area contributed by atoms with Gasteiger partial charge in [0.1, 0.15) is 0 Å². The number of hydrogen-bond acceptors (Lipinski definition) is 3. The number of hydrogen-bond donors (Lipinski definition) is 0. The van der Waals surface area contributed by atoms with E-state index in [0.717, 1.165) is 67.1 Å². The number of benzene rings is 7. The summed E-state index contributed by atoms with van der Waals surface area (Å²) in [4.78, 5) is 9.47. The maximum atomic E-state index is 7.23. The summed E-state index contributed by atoms with van der Waals surface area (Å²) in [6.45, 7) is 7.07. The Morgan fingerprint density at radius 2 is 1.24 bits per heavy atom. The first-order chi connectivity index (χ1) is 31.0. The van der Waals surface area contributed by atoms with Crippen molar-refractivity contribution in [3.05, 3.63) is 211 Å². The summed E-state index contributed by atoms with van der Waals surface area (Å²) in [5.74, 6) is 2.26. The molecule has 0 spiro atoms. The van der Waals surface area contributed by atoms with Gasteiger partial charge in [0, 0.05) is 41.7 Å². The van der Waals surface area contributed by atoms with Crippen LogP contribution in [-0.2, 0) is 20.1 Å². The summed E-state index contributed by atoms with van der Waals surface area (Å²) >= 11 is 0. The topological polar surface area (TPSA) is 43.9 Å². The Labute approximate surface area is 382 Å². The second kappa shape index (κ2) is 18.5. The molecule has 0 bridgehead atoms. The van der Waals surface area contributed by atoms with Crippen molar-refractivity contribution in [2.24, 2.45) is 0 Å². The van der Waals surface area contributed by atoms with Gasteiger partial charge in [0.05, 0.1) is 28.2 Å². The van der Waals surface area contributed by atoms with Crippen LogP contribution in [0, 0.1) is 19.0 Å². The first kappa shape index (κ1) is 38.3. The molecule has 0 atom stereocenters. The molecule has 3 heterocycles. The van der Waals surface area contributed by atoms with E-state index in [2.05, 4.69) is 165 Å².